The van der Waals surface area contributed by atoms with Gasteiger partial charge < -0.3 is 11.5 Å². The molecule has 130 valence electrons. The van der Waals surface area contributed by atoms with Gasteiger partial charge in [0, 0.05) is 17.7 Å². The highest BCUT2D eigenvalue weighted by Crippen LogP contribution is 2.15. The molecule has 4 N–H and O–H groups in total. The molecule has 0 spiro atoms. The van der Waals surface area contributed by atoms with E-state index in [0.29, 0.717) is 16.7 Å². The van der Waals surface area contributed by atoms with Crippen LogP contribution in [0.5, 0.6) is 0 Å². The first-order valence-electron chi connectivity index (χ1n) is 7.44. The Morgan fingerprint density at radius 3 is 2.12 bits per heavy atom. The highest BCUT2D eigenvalue weighted by molar-refractivity contribution is 6.30. The second kappa shape index (κ2) is 8.60. The highest BCUT2D eigenvalue weighted by Gasteiger charge is 2.02. The molecule has 2 heterocycles. The average Bonchev–Trinajstić information content (AvgIpc) is 2.53. The van der Waals surface area contributed by atoms with E-state index in [1.165, 1.54) is 5.56 Å². The molecule has 0 aliphatic carbocycles. The third kappa shape index (κ3) is 5.85. The largest absolute Gasteiger partial charge is 0.368 e. The lowest BCUT2D eigenvalue weighted by molar-refractivity contribution is 1.04. The van der Waals surface area contributed by atoms with E-state index in [1.807, 2.05) is 44.2 Å². The van der Waals surface area contributed by atoms with Gasteiger partial charge in [0.2, 0.25) is 11.9 Å². The summed E-state index contributed by atoms with van der Waals surface area (Å²) in [4.78, 5) is 15.6. The molecule has 0 unspecified atom stereocenters. The number of aromatic nitrogens is 4. The molecule has 6 nitrogen and oxygen atoms in total. The lowest BCUT2D eigenvalue weighted by Crippen LogP contribution is -2.00. The molecule has 3 aromatic rings. The average molecular weight is 377 g/mol. The first kappa shape index (κ1) is 18.9. The summed E-state index contributed by atoms with van der Waals surface area (Å²) < 4.78 is 0. The molecule has 0 fully saturated rings. The van der Waals surface area contributed by atoms with Crippen molar-refractivity contribution in [3.05, 3.63) is 69.2 Å². The number of anilines is 2. The van der Waals surface area contributed by atoms with E-state index in [-0.39, 0.29) is 11.9 Å². The summed E-state index contributed by atoms with van der Waals surface area (Å²) in [6.07, 6.45) is 0.716. The van der Waals surface area contributed by atoms with Crippen molar-refractivity contribution < 1.29 is 0 Å². The molecule has 3 rings (SSSR count). The quantitative estimate of drug-likeness (QED) is 0.661. The smallest absolute Gasteiger partial charge is 0.221 e. The van der Waals surface area contributed by atoms with Crippen LogP contribution in [0.3, 0.4) is 0 Å². The number of nitrogen functional groups attached to an aromatic ring is 2. The fourth-order valence-electron chi connectivity index (χ4n) is 1.99. The molecule has 0 amide bonds. The van der Waals surface area contributed by atoms with Crippen molar-refractivity contribution in [2.45, 2.75) is 20.3 Å². The minimum absolute atomic E-state index is 0.216. The molecule has 0 saturated carbocycles. The van der Waals surface area contributed by atoms with E-state index in [4.69, 9.17) is 34.7 Å². The first-order valence-corrected chi connectivity index (χ1v) is 8.20. The fourth-order valence-corrected chi connectivity index (χ4v) is 2.43. The van der Waals surface area contributed by atoms with Crippen molar-refractivity contribution in [3.8, 4) is 0 Å². The molecule has 0 atom stereocenters. The molecule has 0 aliphatic rings. The summed E-state index contributed by atoms with van der Waals surface area (Å²) in [7, 11) is 0. The van der Waals surface area contributed by atoms with Gasteiger partial charge >= 0.3 is 0 Å². The maximum atomic E-state index is 5.79. The van der Waals surface area contributed by atoms with Crippen LogP contribution in [0, 0.1) is 13.8 Å². The number of benzene rings is 1. The third-order valence-corrected chi connectivity index (χ3v) is 3.90. The van der Waals surface area contributed by atoms with Gasteiger partial charge in [-0.05, 0) is 25.5 Å². The lowest BCUT2D eigenvalue weighted by atomic mass is 10.1. The summed E-state index contributed by atoms with van der Waals surface area (Å²) in [6, 6.07) is 11.7. The monoisotopic (exact) mass is 376 g/mol. The number of nitrogens with two attached hydrogens (primary N) is 2. The summed E-state index contributed by atoms with van der Waals surface area (Å²) in [6.45, 7) is 3.70. The van der Waals surface area contributed by atoms with Crippen LogP contribution in [0.2, 0.25) is 10.3 Å². The van der Waals surface area contributed by atoms with E-state index < -0.39 is 0 Å². The number of rotatable bonds is 2. The topological polar surface area (TPSA) is 104 Å². The maximum absolute atomic E-state index is 5.79. The zero-order valence-corrected chi connectivity index (χ0v) is 15.4. The summed E-state index contributed by atoms with van der Waals surface area (Å²) in [5.74, 6) is 0.446. The van der Waals surface area contributed by atoms with Gasteiger partial charge in [0.25, 0.3) is 0 Å². The Morgan fingerprint density at radius 2 is 1.52 bits per heavy atom. The van der Waals surface area contributed by atoms with Crippen molar-refractivity contribution in [1.82, 2.24) is 19.9 Å². The Hall–Kier alpha value is -2.44. The van der Waals surface area contributed by atoms with Crippen molar-refractivity contribution in [1.29, 1.82) is 0 Å². The number of aryl methyl sites for hydroxylation is 1. The molecule has 0 bridgehead atoms. The minimum atomic E-state index is 0.216. The van der Waals surface area contributed by atoms with Crippen LogP contribution in [0.1, 0.15) is 22.5 Å². The standard InChI is InChI=1S/C11H10ClN3.C6H8ClN3/c12-10-7-9(14-11(13)15-10)6-8-4-2-1-3-5-8;1-3-4(2)9-6(8)10-5(3)7/h1-5,7H,6H2,(H2,13,14,15);1-2H3,(H2,8,9,10). The molecule has 0 radical (unpaired) electrons. The molecular formula is C17H18Cl2N6. The zero-order chi connectivity index (χ0) is 18.4. The van der Waals surface area contributed by atoms with Crippen LogP contribution >= 0.6 is 23.2 Å². The Balaban J connectivity index is 0.000000196. The van der Waals surface area contributed by atoms with E-state index in [0.717, 1.165) is 17.0 Å². The van der Waals surface area contributed by atoms with Gasteiger partial charge in [0.1, 0.15) is 10.3 Å². The minimum Gasteiger partial charge on any atom is -0.368 e. The summed E-state index contributed by atoms with van der Waals surface area (Å²) in [5, 5.41) is 0.818. The fraction of sp³-hybridized carbons (Fsp3) is 0.176. The molecule has 25 heavy (non-hydrogen) atoms. The van der Waals surface area contributed by atoms with Crippen molar-refractivity contribution in [2.24, 2.45) is 0 Å². The van der Waals surface area contributed by atoms with Gasteiger partial charge in [-0.2, -0.15) is 0 Å². The Morgan fingerprint density at radius 1 is 0.880 bits per heavy atom. The molecule has 0 aliphatic heterocycles. The summed E-state index contributed by atoms with van der Waals surface area (Å²) >= 11 is 11.5. The number of hydrogen-bond donors (Lipinski definition) is 2. The number of hydrogen-bond acceptors (Lipinski definition) is 6. The van der Waals surface area contributed by atoms with E-state index in [2.05, 4.69) is 19.9 Å². The van der Waals surface area contributed by atoms with Crippen LogP contribution < -0.4 is 11.5 Å². The maximum Gasteiger partial charge on any atom is 0.221 e. The van der Waals surface area contributed by atoms with Gasteiger partial charge in [0.05, 0.1) is 5.69 Å². The van der Waals surface area contributed by atoms with E-state index >= 15 is 0 Å². The molecule has 8 heteroatoms. The molecular weight excluding hydrogens is 359 g/mol. The predicted octanol–water partition coefficient (Wildman–Crippen LogP) is 3.63. The van der Waals surface area contributed by atoms with Gasteiger partial charge in [-0.1, -0.05) is 53.5 Å². The Bertz CT molecular complexity index is 812. The molecule has 0 saturated heterocycles. The van der Waals surface area contributed by atoms with Crippen LogP contribution in [0.15, 0.2) is 36.4 Å². The second-order valence-corrected chi connectivity index (χ2v) is 6.03. The SMILES string of the molecule is Cc1nc(N)nc(Cl)c1C.Nc1nc(Cl)cc(Cc2ccccc2)n1. The Labute approximate surface area is 156 Å². The van der Waals surface area contributed by atoms with Crippen molar-refractivity contribution in [3.63, 3.8) is 0 Å². The number of halogens is 2. The van der Waals surface area contributed by atoms with Gasteiger partial charge in [-0.15, -0.1) is 0 Å². The predicted molar refractivity (Wildman–Crippen MR) is 102 cm³/mol. The van der Waals surface area contributed by atoms with Crippen LogP contribution in [0.25, 0.3) is 0 Å². The normalized spacial score (nSPS) is 10.1. The van der Waals surface area contributed by atoms with Crippen LogP contribution in [0.4, 0.5) is 11.9 Å². The summed E-state index contributed by atoms with van der Waals surface area (Å²) in [5.41, 5.74) is 14.5. The zero-order valence-electron chi connectivity index (χ0n) is 13.9. The van der Waals surface area contributed by atoms with Crippen LogP contribution in [-0.2, 0) is 6.42 Å². The lowest BCUT2D eigenvalue weighted by Gasteiger charge is -2.02. The van der Waals surface area contributed by atoms with Crippen LogP contribution in [-0.4, -0.2) is 19.9 Å². The van der Waals surface area contributed by atoms with E-state index in [1.54, 1.807) is 6.07 Å². The van der Waals surface area contributed by atoms with Gasteiger partial charge in [-0.25, -0.2) is 19.9 Å². The van der Waals surface area contributed by atoms with Gasteiger partial charge in [-0.3, -0.25) is 0 Å². The van der Waals surface area contributed by atoms with Crippen molar-refractivity contribution >= 4 is 35.1 Å². The first-order chi connectivity index (χ1) is 11.8. The highest BCUT2D eigenvalue weighted by atomic mass is 35.5. The number of nitrogens with zero attached hydrogens (tertiary/aromatic N) is 4. The van der Waals surface area contributed by atoms with E-state index in [9.17, 15) is 0 Å². The van der Waals surface area contributed by atoms with Crippen molar-refractivity contribution in [2.75, 3.05) is 11.5 Å². The Kier molecular flexibility index (Phi) is 6.50. The molecule has 1 aromatic carbocycles. The molecule has 2 aromatic heterocycles. The second-order valence-electron chi connectivity index (χ2n) is 5.29. The van der Waals surface area contributed by atoms with Gasteiger partial charge in [0.15, 0.2) is 0 Å². The third-order valence-electron chi connectivity index (χ3n) is 3.34.